The van der Waals surface area contributed by atoms with Crippen molar-refractivity contribution in [2.75, 3.05) is 0 Å². The second-order valence-electron chi connectivity index (χ2n) is 3.28. The Kier molecular flexibility index (Phi) is 4.47. The first kappa shape index (κ1) is 12.2. The van der Waals surface area contributed by atoms with E-state index in [0.717, 1.165) is 17.5 Å². The van der Waals surface area contributed by atoms with Crippen LogP contribution >= 0.6 is 0 Å². The number of hydrogen-bond donors (Lipinski definition) is 3. The average Bonchev–Trinajstić information content (AvgIpc) is 2.35. The van der Waals surface area contributed by atoms with Crippen molar-refractivity contribution in [3.63, 3.8) is 0 Å². The average molecular weight is 221 g/mol. The van der Waals surface area contributed by atoms with E-state index in [2.05, 4.69) is 5.32 Å². The predicted octanol–water partition coefficient (Wildman–Crippen LogP) is -0.145. The summed E-state index contributed by atoms with van der Waals surface area (Å²) in [5, 5.41) is 2.49. The van der Waals surface area contributed by atoms with Crippen LogP contribution in [0, 0.1) is 0 Å². The molecule has 1 rings (SSSR count). The lowest BCUT2D eigenvalue weighted by atomic mass is 10.1. The molecule has 0 aromatic heterocycles. The van der Waals surface area contributed by atoms with E-state index >= 15 is 0 Å². The summed E-state index contributed by atoms with van der Waals surface area (Å²) in [7, 11) is 0. The first-order chi connectivity index (χ1) is 7.69. The van der Waals surface area contributed by atoms with E-state index in [0.29, 0.717) is 6.54 Å². The van der Waals surface area contributed by atoms with Gasteiger partial charge in [0, 0.05) is 6.54 Å². The van der Waals surface area contributed by atoms with Crippen LogP contribution in [0.2, 0.25) is 0 Å². The molecule has 0 atom stereocenters. The summed E-state index contributed by atoms with van der Waals surface area (Å²) in [6.45, 7) is 2.36. The van der Waals surface area contributed by atoms with Gasteiger partial charge in [0.1, 0.15) is 0 Å². The van der Waals surface area contributed by atoms with Gasteiger partial charge in [-0.1, -0.05) is 31.2 Å². The molecule has 16 heavy (non-hydrogen) atoms. The van der Waals surface area contributed by atoms with Crippen molar-refractivity contribution in [3.05, 3.63) is 35.4 Å². The fraction of sp³-hybridized carbons (Fsp3) is 0.273. The smallest absolute Gasteiger partial charge is 0.323 e. The van der Waals surface area contributed by atoms with Gasteiger partial charge < -0.3 is 5.32 Å². The molecule has 0 unspecified atom stereocenters. The maximum absolute atomic E-state index is 11.1. The van der Waals surface area contributed by atoms with Crippen LogP contribution < -0.4 is 16.6 Å². The number of benzene rings is 1. The van der Waals surface area contributed by atoms with Gasteiger partial charge in [-0.05, 0) is 17.5 Å². The zero-order chi connectivity index (χ0) is 12.0. The summed E-state index contributed by atoms with van der Waals surface area (Å²) in [6, 6.07) is 7.74. The van der Waals surface area contributed by atoms with Crippen molar-refractivity contribution in [2.45, 2.75) is 19.9 Å². The molecule has 5 nitrogen and oxygen atoms in total. The van der Waals surface area contributed by atoms with Crippen LogP contribution in [0.1, 0.15) is 18.1 Å². The molecule has 0 aliphatic heterocycles. The first-order valence-electron chi connectivity index (χ1n) is 5.04. The van der Waals surface area contributed by atoms with Crippen LogP contribution in [0.5, 0.6) is 0 Å². The maximum Gasteiger partial charge on any atom is 0.323 e. The maximum atomic E-state index is 11.1. The Balaban J connectivity index is 2.61. The van der Waals surface area contributed by atoms with Gasteiger partial charge in [-0.3, -0.25) is 15.0 Å². The highest BCUT2D eigenvalue weighted by Crippen LogP contribution is 2.08. The number of rotatable bonds is 3. The van der Waals surface area contributed by atoms with Crippen LogP contribution in [0.3, 0.4) is 0 Å². The highest BCUT2D eigenvalue weighted by Gasteiger charge is 2.11. The molecule has 1 aromatic carbocycles. The summed E-state index contributed by atoms with van der Waals surface area (Å²) < 4.78 is 0. The summed E-state index contributed by atoms with van der Waals surface area (Å²) in [4.78, 5) is 22.0. The van der Waals surface area contributed by atoms with Crippen molar-refractivity contribution >= 4 is 11.8 Å². The molecule has 0 spiro atoms. The van der Waals surface area contributed by atoms with Crippen molar-refractivity contribution in [3.8, 4) is 0 Å². The van der Waals surface area contributed by atoms with Gasteiger partial charge in [-0.15, -0.1) is 0 Å². The van der Waals surface area contributed by atoms with Crippen LogP contribution in [0.25, 0.3) is 0 Å². The Morgan fingerprint density at radius 1 is 1.19 bits per heavy atom. The minimum Gasteiger partial charge on any atom is -0.344 e. The van der Waals surface area contributed by atoms with Crippen molar-refractivity contribution in [1.82, 2.24) is 10.7 Å². The Bertz CT molecular complexity index is 391. The third-order valence-electron chi connectivity index (χ3n) is 2.28. The van der Waals surface area contributed by atoms with Crippen LogP contribution in [0.4, 0.5) is 0 Å². The number of aryl methyl sites for hydroxylation is 1. The third kappa shape index (κ3) is 3.06. The second kappa shape index (κ2) is 5.87. The van der Waals surface area contributed by atoms with Crippen LogP contribution in [-0.4, -0.2) is 11.8 Å². The molecule has 86 valence electrons. The molecule has 1 aromatic rings. The first-order valence-corrected chi connectivity index (χ1v) is 5.04. The fourth-order valence-corrected chi connectivity index (χ4v) is 1.40. The highest BCUT2D eigenvalue weighted by molar-refractivity contribution is 6.34. The SMILES string of the molecule is CCc1ccccc1CNC(=O)C(=O)NN. The molecule has 0 aliphatic rings. The standard InChI is InChI=1S/C11H15N3O2/c1-2-8-5-3-4-6-9(8)7-13-10(15)11(16)14-12/h3-6H,2,7,12H2,1H3,(H,13,15)(H,14,16). The van der Waals surface area contributed by atoms with Crippen molar-refractivity contribution in [1.29, 1.82) is 0 Å². The fourth-order valence-electron chi connectivity index (χ4n) is 1.40. The van der Waals surface area contributed by atoms with Gasteiger partial charge >= 0.3 is 11.8 Å². The lowest BCUT2D eigenvalue weighted by Crippen LogP contribution is -2.42. The van der Waals surface area contributed by atoms with Gasteiger partial charge in [0.05, 0.1) is 0 Å². The van der Waals surface area contributed by atoms with E-state index in [-0.39, 0.29) is 0 Å². The van der Waals surface area contributed by atoms with E-state index < -0.39 is 11.8 Å². The minimum absolute atomic E-state index is 0.330. The monoisotopic (exact) mass is 221 g/mol. The molecule has 0 aliphatic carbocycles. The van der Waals surface area contributed by atoms with Gasteiger partial charge in [-0.25, -0.2) is 5.84 Å². The molecule has 4 N–H and O–H groups in total. The summed E-state index contributed by atoms with van der Waals surface area (Å²) in [5.74, 6) is 3.27. The van der Waals surface area contributed by atoms with Gasteiger partial charge in [0.15, 0.2) is 0 Å². The summed E-state index contributed by atoms with van der Waals surface area (Å²) in [5.41, 5.74) is 3.93. The Morgan fingerprint density at radius 2 is 1.81 bits per heavy atom. The van der Waals surface area contributed by atoms with Crippen LogP contribution in [0.15, 0.2) is 24.3 Å². The van der Waals surface area contributed by atoms with E-state index in [1.165, 1.54) is 0 Å². The Morgan fingerprint density at radius 3 is 2.38 bits per heavy atom. The van der Waals surface area contributed by atoms with E-state index in [1.807, 2.05) is 31.2 Å². The molecule has 2 amide bonds. The number of amides is 2. The topological polar surface area (TPSA) is 84.2 Å². The molecule has 0 fully saturated rings. The second-order valence-corrected chi connectivity index (χ2v) is 3.28. The highest BCUT2D eigenvalue weighted by atomic mass is 16.2. The molecule has 0 saturated carbocycles. The normalized spacial score (nSPS) is 9.62. The molecule has 0 saturated heterocycles. The van der Waals surface area contributed by atoms with Crippen molar-refractivity contribution in [2.24, 2.45) is 5.84 Å². The zero-order valence-corrected chi connectivity index (χ0v) is 9.12. The Labute approximate surface area is 94.0 Å². The zero-order valence-electron chi connectivity index (χ0n) is 9.12. The predicted molar refractivity (Wildman–Crippen MR) is 60.0 cm³/mol. The number of carbonyl (C=O) groups excluding carboxylic acids is 2. The molecular formula is C11H15N3O2. The van der Waals surface area contributed by atoms with E-state index in [9.17, 15) is 9.59 Å². The quantitative estimate of drug-likeness (QED) is 0.287. The van der Waals surface area contributed by atoms with Gasteiger partial charge in [0.2, 0.25) is 0 Å². The third-order valence-corrected chi connectivity index (χ3v) is 2.28. The molecular weight excluding hydrogens is 206 g/mol. The molecule has 0 radical (unpaired) electrons. The van der Waals surface area contributed by atoms with E-state index in [1.54, 1.807) is 5.43 Å². The van der Waals surface area contributed by atoms with Crippen LogP contribution in [-0.2, 0) is 22.6 Å². The number of nitrogens with two attached hydrogens (primary N) is 1. The number of hydrazine groups is 1. The minimum atomic E-state index is -0.839. The number of hydrogen-bond acceptors (Lipinski definition) is 3. The van der Waals surface area contributed by atoms with Crippen molar-refractivity contribution < 1.29 is 9.59 Å². The van der Waals surface area contributed by atoms with E-state index in [4.69, 9.17) is 5.84 Å². The lowest BCUT2D eigenvalue weighted by Gasteiger charge is -2.08. The summed E-state index contributed by atoms with van der Waals surface area (Å²) >= 11 is 0. The lowest BCUT2D eigenvalue weighted by molar-refractivity contribution is -0.139. The number of carbonyl (C=O) groups is 2. The molecule has 0 heterocycles. The summed E-state index contributed by atoms with van der Waals surface area (Å²) in [6.07, 6.45) is 0.884. The largest absolute Gasteiger partial charge is 0.344 e. The van der Waals surface area contributed by atoms with Gasteiger partial charge in [-0.2, -0.15) is 0 Å². The van der Waals surface area contributed by atoms with Gasteiger partial charge in [0.25, 0.3) is 0 Å². The molecule has 0 bridgehead atoms. The molecule has 5 heteroatoms. The Hall–Kier alpha value is -1.88. The number of nitrogens with one attached hydrogen (secondary N) is 2.